The van der Waals surface area contributed by atoms with Crippen LogP contribution in [-0.2, 0) is 4.79 Å². The Kier molecular flexibility index (Phi) is 5.71. The zero-order chi connectivity index (χ0) is 14.2. The molecule has 20 heavy (non-hydrogen) atoms. The molecule has 110 valence electrons. The fourth-order valence-electron chi connectivity index (χ4n) is 2.69. The average molecular weight is 276 g/mol. The molecule has 1 fully saturated rings. The highest BCUT2D eigenvalue weighted by molar-refractivity contribution is 5.75. The second-order valence-electron chi connectivity index (χ2n) is 5.43. The number of nitrogens with two attached hydrogens (primary N) is 1. The smallest absolute Gasteiger partial charge is 0.220 e. The van der Waals surface area contributed by atoms with Crippen molar-refractivity contribution in [2.45, 2.75) is 38.5 Å². The summed E-state index contributed by atoms with van der Waals surface area (Å²) >= 11 is 0. The van der Waals surface area contributed by atoms with Crippen LogP contribution in [0.2, 0.25) is 0 Å². The van der Waals surface area contributed by atoms with E-state index in [1.54, 1.807) is 6.07 Å². The topological polar surface area (TPSA) is 64.3 Å². The molecule has 4 nitrogen and oxygen atoms in total. The number of ether oxygens (including phenoxy) is 1. The van der Waals surface area contributed by atoms with Gasteiger partial charge in [0.05, 0.1) is 12.2 Å². The lowest BCUT2D eigenvalue weighted by Gasteiger charge is -2.11. The van der Waals surface area contributed by atoms with Gasteiger partial charge in [-0.25, -0.2) is 0 Å². The van der Waals surface area contributed by atoms with E-state index in [0.29, 0.717) is 31.0 Å². The summed E-state index contributed by atoms with van der Waals surface area (Å²) in [6, 6.07) is 7.38. The first-order valence-electron chi connectivity index (χ1n) is 7.49. The standard InChI is InChI=1S/C16H24N2O2/c17-14-7-3-4-8-15(14)20-12-11-18-16(19)10-9-13-5-1-2-6-13/h3-4,7-8,13H,1-2,5-6,9-12,17H2,(H,18,19). The first-order valence-corrected chi connectivity index (χ1v) is 7.49. The number of nitrogens with one attached hydrogen (secondary N) is 1. The molecule has 1 amide bonds. The molecule has 0 aromatic heterocycles. The minimum absolute atomic E-state index is 0.126. The Balaban J connectivity index is 1.56. The van der Waals surface area contributed by atoms with Crippen LogP contribution in [0.4, 0.5) is 5.69 Å². The predicted octanol–water partition coefficient (Wildman–Crippen LogP) is 2.73. The second kappa shape index (κ2) is 7.78. The van der Waals surface area contributed by atoms with Gasteiger partial charge in [0.2, 0.25) is 5.91 Å². The van der Waals surface area contributed by atoms with E-state index in [1.807, 2.05) is 18.2 Å². The third-order valence-electron chi connectivity index (χ3n) is 3.86. The molecule has 1 aromatic carbocycles. The fraction of sp³-hybridized carbons (Fsp3) is 0.562. The van der Waals surface area contributed by atoms with E-state index in [9.17, 15) is 4.79 Å². The maximum Gasteiger partial charge on any atom is 0.220 e. The van der Waals surface area contributed by atoms with Crippen molar-refractivity contribution >= 4 is 11.6 Å². The van der Waals surface area contributed by atoms with Crippen LogP contribution < -0.4 is 15.8 Å². The molecule has 0 unspecified atom stereocenters. The molecular weight excluding hydrogens is 252 g/mol. The highest BCUT2D eigenvalue weighted by Crippen LogP contribution is 2.28. The van der Waals surface area contributed by atoms with E-state index >= 15 is 0 Å². The Morgan fingerprint density at radius 1 is 1.30 bits per heavy atom. The van der Waals surface area contributed by atoms with Crippen LogP contribution in [0.15, 0.2) is 24.3 Å². The predicted molar refractivity (Wildman–Crippen MR) is 80.6 cm³/mol. The molecule has 0 bridgehead atoms. The summed E-state index contributed by atoms with van der Waals surface area (Å²) < 4.78 is 5.53. The summed E-state index contributed by atoms with van der Waals surface area (Å²) in [5.74, 6) is 1.57. The lowest BCUT2D eigenvalue weighted by atomic mass is 10.0. The highest BCUT2D eigenvalue weighted by Gasteiger charge is 2.15. The molecule has 0 atom stereocenters. The van der Waals surface area contributed by atoms with Crippen molar-refractivity contribution in [3.63, 3.8) is 0 Å². The van der Waals surface area contributed by atoms with Crippen molar-refractivity contribution in [3.8, 4) is 5.75 Å². The molecule has 1 aromatic rings. The van der Waals surface area contributed by atoms with Crippen LogP contribution in [-0.4, -0.2) is 19.1 Å². The van der Waals surface area contributed by atoms with Gasteiger partial charge in [-0.05, 0) is 24.5 Å². The Bertz CT molecular complexity index is 428. The van der Waals surface area contributed by atoms with Crippen LogP contribution in [0.5, 0.6) is 5.75 Å². The maximum absolute atomic E-state index is 11.7. The Morgan fingerprint density at radius 2 is 2.05 bits per heavy atom. The van der Waals surface area contributed by atoms with Crippen LogP contribution in [0, 0.1) is 5.92 Å². The molecule has 0 heterocycles. The summed E-state index contributed by atoms with van der Waals surface area (Å²) in [5.41, 5.74) is 6.39. The van der Waals surface area contributed by atoms with Gasteiger partial charge >= 0.3 is 0 Å². The largest absolute Gasteiger partial charge is 0.490 e. The number of amides is 1. The lowest BCUT2D eigenvalue weighted by molar-refractivity contribution is -0.121. The van der Waals surface area contributed by atoms with Gasteiger partial charge in [0, 0.05) is 6.42 Å². The molecule has 0 aliphatic heterocycles. The Morgan fingerprint density at radius 3 is 2.80 bits per heavy atom. The van der Waals surface area contributed by atoms with Crippen LogP contribution >= 0.6 is 0 Å². The number of carbonyl (C=O) groups excluding carboxylic acids is 1. The number of para-hydroxylation sites is 2. The molecule has 1 aliphatic rings. The summed E-state index contributed by atoms with van der Waals surface area (Å²) in [5, 5.41) is 2.89. The second-order valence-corrected chi connectivity index (χ2v) is 5.43. The van der Waals surface area contributed by atoms with Crippen LogP contribution in [0.3, 0.4) is 0 Å². The first kappa shape index (κ1) is 14.7. The van der Waals surface area contributed by atoms with Gasteiger partial charge in [-0.3, -0.25) is 4.79 Å². The quantitative estimate of drug-likeness (QED) is 0.594. The molecule has 4 heteroatoms. The van der Waals surface area contributed by atoms with Crippen molar-refractivity contribution in [2.75, 3.05) is 18.9 Å². The van der Waals surface area contributed by atoms with Crippen LogP contribution in [0.1, 0.15) is 38.5 Å². The minimum Gasteiger partial charge on any atom is -0.490 e. The zero-order valence-electron chi connectivity index (χ0n) is 11.9. The number of anilines is 1. The van der Waals surface area contributed by atoms with E-state index in [4.69, 9.17) is 10.5 Å². The molecule has 1 aliphatic carbocycles. The van der Waals surface area contributed by atoms with Crippen molar-refractivity contribution in [2.24, 2.45) is 5.92 Å². The van der Waals surface area contributed by atoms with Gasteiger partial charge in [-0.2, -0.15) is 0 Å². The third kappa shape index (κ3) is 4.76. The van der Waals surface area contributed by atoms with E-state index < -0.39 is 0 Å². The van der Waals surface area contributed by atoms with Crippen LogP contribution in [0.25, 0.3) is 0 Å². The Labute approximate surface area is 120 Å². The van der Waals surface area contributed by atoms with Gasteiger partial charge in [-0.15, -0.1) is 0 Å². The highest BCUT2D eigenvalue weighted by atomic mass is 16.5. The van der Waals surface area contributed by atoms with Gasteiger partial charge < -0.3 is 15.8 Å². The number of hydrogen-bond donors (Lipinski definition) is 2. The fourth-order valence-corrected chi connectivity index (χ4v) is 2.69. The third-order valence-corrected chi connectivity index (χ3v) is 3.86. The number of nitrogen functional groups attached to an aromatic ring is 1. The number of hydrogen-bond acceptors (Lipinski definition) is 3. The number of carbonyl (C=O) groups is 1. The SMILES string of the molecule is Nc1ccccc1OCCNC(=O)CCC1CCCC1. The van der Waals surface area contributed by atoms with Gasteiger partial charge in [-0.1, -0.05) is 37.8 Å². The first-order chi connectivity index (χ1) is 9.75. The zero-order valence-corrected chi connectivity index (χ0v) is 11.9. The van der Waals surface area contributed by atoms with Crippen molar-refractivity contribution in [1.82, 2.24) is 5.32 Å². The normalized spacial score (nSPS) is 15.2. The Hall–Kier alpha value is -1.71. The summed E-state index contributed by atoms with van der Waals surface area (Å²) in [4.78, 5) is 11.7. The van der Waals surface area contributed by atoms with Crippen molar-refractivity contribution in [3.05, 3.63) is 24.3 Å². The molecular formula is C16H24N2O2. The van der Waals surface area contributed by atoms with E-state index in [0.717, 1.165) is 12.3 Å². The van der Waals surface area contributed by atoms with Gasteiger partial charge in [0.15, 0.2) is 0 Å². The minimum atomic E-state index is 0.126. The molecule has 0 saturated heterocycles. The molecule has 0 radical (unpaired) electrons. The maximum atomic E-state index is 11.7. The summed E-state index contributed by atoms with van der Waals surface area (Å²) in [6.45, 7) is 0.973. The van der Waals surface area contributed by atoms with E-state index in [2.05, 4.69) is 5.32 Å². The average Bonchev–Trinajstić information content (AvgIpc) is 2.96. The van der Waals surface area contributed by atoms with E-state index in [-0.39, 0.29) is 5.91 Å². The molecule has 0 spiro atoms. The summed E-state index contributed by atoms with van der Waals surface area (Å²) in [6.07, 6.45) is 6.92. The van der Waals surface area contributed by atoms with Gasteiger partial charge in [0.1, 0.15) is 12.4 Å². The van der Waals surface area contributed by atoms with Gasteiger partial charge in [0.25, 0.3) is 0 Å². The number of rotatable bonds is 7. The molecule has 1 saturated carbocycles. The van der Waals surface area contributed by atoms with Crippen molar-refractivity contribution < 1.29 is 9.53 Å². The lowest BCUT2D eigenvalue weighted by Crippen LogP contribution is -2.28. The monoisotopic (exact) mass is 276 g/mol. The molecule has 3 N–H and O–H groups in total. The number of benzene rings is 1. The molecule has 2 rings (SSSR count). The van der Waals surface area contributed by atoms with E-state index in [1.165, 1.54) is 25.7 Å². The van der Waals surface area contributed by atoms with Crippen molar-refractivity contribution in [1.29, 1.82) is 0 Å². The summed E-state index contributed by atoms with van der Waals surface area (Å²) in [7, 11) is 0.